The molecular formula is C20H19N3NaO6S. The molecule has 0 aliphatic carbocycles. The maximum atomic E-state index is 12.6. The molecule has 0 bridgehead atoms. The second-order valence-electron chi connectivity index (χ2n) is 7.00. The van der Waals surface area contributed by atoms with E-state index in [1.807, 2.05) is 30.3 Å². The zero-order chi connectivity index (χ0) is 21.4. The molecule has 0 saturated carbocycles. The number of carboxylic acids is 1. The molecule has 3 heterocycles. The van der Waals surface area contributed by atoms with Crippen LogP contribution in [0.1, 0.15) is 6.92 Å². The Morgan fingerprint density at radius 3 is 2.71 bits per heavy atom. The van der Waals surface area contributed by atoms with Crippen molar-refractivity contribution in [3.8, 4) is 0 Å². The summed E-state index contributed by atoms with van der Waals surface area (Å²) in [6.07, 6.45) is 1.81. The number of carboxylic acid groups (broad SMARTS) is 1. The Morgan fingerprint density at radius 2 is 2.00 bits per heavy atom. The van der Waals surface area contributed by atoms with Crippen molar-refractivity contribution in [3.05, 3.63) is 47.8 Å². The molecule has 2 N–H and O–H groups in total. The summed E-state index contributed by atoms with van der Waals surface area (Å²) >= 11 is 1.33. The van der Waals surface area contributed by atoms with Crippen molar-refractivity contribution in [1.29, 1.82) is 0 Å². The number of aromatic nitrogens is 1. The van der Waals surface area contributed by atoms with Crippen molar-refractivity contribution < 1.29 is 29.0 Å². The van der Waals surface area contributed by atoms with Gasteiger partial charge in [0.15, 0.2) is 0 Å². The zero-order valence-corrected chi connectivity index (χ0v) is 19.8. The first kappa shape index (κ1) is 23.4. The topological polar surface area (TPSA) is 118 Å². The van der Waals surface area contributed by atoms with Gasteiger partial charge in [-0.15, -0.1) is 11.8 Å². The fourth-order valence-electron chi connectivity index (χ4n) is 3.64. The van der Waals surface area contributed by atoms with Crippen LogP contribution in [0.2, 0.25) is 0 Å². The van der Waals surface area contributed by atoms with Crippen LogP contribution < -0.4 is 5.32 Å². The summed E-state index contributed by atoms with van der Waals surface area (Å²) in [5.74, 6) is -2.33. The van der Waals surface area contributed by atoms with Crippen LogP contribution in [0.25, 0.3) is 10.9 Å². The molecule has 2 aliphatic rings. The molecule has 2 atom stereocenters. The van der Waals surface area contributed by atoms with E-state index in [4.69, 9.17) is 4.74 Å². The first-order valence-electron chi connectivity index (χ1n) is 9.23. The molecule has 1 radical (unpaired) electrons. The number of para-hydroxylation sites is 1. The molecule has 1 fully saturated rings. The third-order valence-corrected chi connectivity index (χ3v) is 6.35. The van der Waals surface area contributed by atoms with Gasteiger partial charge in [-0.1, -0.05) is 18.2 Å². The number of β-lactam (4-membered cyclic amide) rings is 1. The number of fused-ring (bicyclic) bond motifs is 2. The van der Waals surface area contributed by atoms with E-state index in [9.17, 15) is 24.3 Å². The van der Waals surface area contributed by atoms with Crippen LogP contribution >= 0.6 is 11.8 Å². The molecular weight excluding hydrogens is 433 g/mol. The van der Waals surface area contributed by atoms with Gasteiger partial charge in [-0.25, -0.2) is 4.79 Å². The van der Waals surface area contributed by atoms with Gasteiger partial charge in [0.1, 0.15) is 30.3 Å². The van der Waals surface area contributed by atoms with Gasteiger partial charge in [0.25, 0.3) is 5.91 Å². The van der Waals surface area contributed by atoms with Crippen molar-refractivity contribution in [2.45, 2.75) is 24.9 Å². The predicted molar refractivity (Wildman–Crippen MR) is 114 cm³/mol. The van der Waals surface area contributed by atoms with Crippen LogP contribution in [0.15, 0.2) is 47.8 Å². The predicted octanol–water partition coefficient (Wildman–Crippen LogP) is 0.562. The molecule has 2 unspecified atom stereocenters. The number of carbonyl (C=O) groups is 4. The molecule has 2 aliphatic heterocycles. The number of thioether (sulfide) groups is 1. The summed E-state index contributed by atoms with van der Waals surface area (Å²) in [6, 6.07) is 8.76. The maximum Gasteiger partial charge on any atom is 0.352 e. The van der Waals surface area contributed by atoms with Gasteiger partial charge in [0, 0.05) is 59.5 Å². The second kappa shape index (κ2) is 9.47. The minimum Gasteiger partial charge on any atom is -0.477 e. The van der Waals surface area contributed by atoms with Crippen LogP contribution in [0, 0.1) is 0 Å². The smallest absolute Gasteiger partial charge is 0.352 e. The molecule has 9 nitrogen and oxygen atoms in total. The van der Waals surface area contributed by atoms with E-state index in [1.165, 1.54) is 18.7 Å². The SMILES string of the molecule is CC(=O)OCC1=C(C(=O)O)N2C(=O)C(NC(=O)Cn3ccc4ccccc43)C2SC1.[Na]. The Balaban J connectivity index is 0.00000272. The standard InChI is InChI=1S/C20H19N3O6S.Na/c1-11(24)29-9-13-10-30-19-16(18(26)23(19)17(13)20(27)28)21-15(25)8-22-7-6-12-4-2-3-5-14(12)22;/h2-7,16,19H,8-10H2,1H3,(H,21,25)(H,27,28);. The Labute approximate surface area is 204 Å². The number of amides is 2. The number of hydrogen-bond acceptors (Lipinski definition) is 6. The van der Waals surface area contributed by atoms with Crippen LogP contribution in [0.3, 0.4) is 0 Å². The summed E-state index contributed by atoms with van der Waals surface area (Å²) < 4.78 is 6.70. The molecule has 1 aromatic carbocycles. The number of ether oxygens (including phenoxy) is 1. The van der Waals surface area contributed by atoms with Gasteiger partial charge >= 0.3 is 11.9 Å². The van der Waals surface area contributed by atoms with Crippen molar-refractivity contribution in [1.82, 2.24) is 14.8 Å². The maximum absolute atomic E-state index is 12.6. The first-order valence-corrected chi connectivity index (χ1v) is 10.3. The van der Waals surface area contributed by atoms with Crippen molar-refractivity contribution >= 4 is 76.0 Å². The minimum absolute atomic E-state index is 0. The van der Waals surface area contributed by atoms with Crippen LogP contribution in [-0.4, -0.2) is 91.7 Å². The number of nitrogens with zero attached hydrogens (tertiary/aromatic N) is 2. The Morgan fingerprint density at radius 1 is 1.26 bits per heavy atom. The number of rotatable bonds is 6. The molecule has 1 aromatic heterocycles. The summed E-state index contributed by atoms with van der Waals surface area (Å²) in [5, 5.41) is 12.8. The minimum atomic E-state index is -1.26. The Hall–Kier alpha value is -2.27. The number of nitrogens with one attached hydrogen (secondary N) is 1. The van der Waals surface area contributed by atoms with E-state index in [2.05, 4.69) is 5.32 Å². The fourth-order valence-corrected chi connectivity index (χ4v) is 4.96. The van der Waals surface area contributed by atoms with E-state index < -0.39 is 29.3 Å². The third kappa shape index (κ3) is 4.52. The number of esters is 1. The summed E-state index contributed by atoms with van der Waals surface area (Å²) in [6.45, 7) is 1.10. The average Bonchev–Trinajstić information content (AvgIpc) is 3.12. The number of benzene rings is 1. The van der Waals surface area contributed by atoms with Gasteiger partial charge in [-0.2, -0.15) is 0 Å². The van der Waals surface area contributed by atoms with Gasteiger partial charge in [-0.05, 0) is 17.5 Å². The monoisotopic (exact) mass is 452 g/mol. The Bertz CT molecular complexity index is 1100. The van der Waals surface area contributed by atoms with E-state index >= 15 is 0 Å². The molecule has 2 aromatic rings. The second-order valence-corrected chi connectivity index (χ2v) is 8.10. The molecule has 11 heteroatoms. The average molecular weight is 452 g/mol. The van der Waals surface area contributed by atoms with Crippen LogP contribution in [0.5, 0.6) is 0 Å². The quantitative estimate of drug-likeness (QED) is 0.374. The summed E-state index contributed by atoms with van der Waals surface area (Å²) in [7, 11) is 0. The van der Waals surface area contributed by atoms with Crippen LogP contribution in [0.4, 0.5) is 0 Å². The normalized spacial score (nSPS) is 19.9. The van der Waals surface area contributed by atoms with Crippen LogP contribution in [-0.2, 0) is 30.5 Å². The van der Waals surface area contributed by atoms with E-state index in [1.54, 1.807) is 10.8 Å². The zero-order valence-electron chi connectivity index (χ0n) is 17.0. The van der Waals surface area contributed by atoms with E-state index in [0.29, 0.717) is 5.57 Å². The van der Waals surface area contributed by atoms with Gasteiger partial charge < -0.3 is 19.7 Å². The molecule has 2 amide bonds. The summed E-state index contributed by atoms with van der Waals surface area (Å²) in [4.78, 5) is 49.1. The largest absolute Gasteiger partial charge is 0.477 e. The number of hydrogen-bond donors (Lipinski definition) is 2. The fraction of sp³-hybridized carbons (Fsp3) is 0.300. The van der Waals surface area contributed by atoms with Crippen molar-refractivity contribution in [2.24, 2.45) is 0 Å². The van der Waals surface area contributed by atoms with E-state index in [0.717, 1.165) is 15.8 Å². The van der Waals surface area contributed by atoms with Gasteiger partial charge in [0.05, 0.1) is 0 Å². The first-order chi connectivity index (χ1) is 14.4. The molecule has 157 valence electrons. The number of aliphatic carboxylic acids is 1. The van der Waals surface area contributed by atoms with Crippen molar-refractivity contribution in [2.75, 3.05) is 12.4 Å². The molecule has 4 rings (SSSR count). The molecule has 31 heavy (non-hydrogen) atoms. The van der Waals surface area contributed by atoms with Gasteiger partial charge in [0.2, 0.25) is 5.91 Å². The number of carbonyl (C=O) groups excluding carboxylic acids is 3. The van der Waals surface area contributed by atoms with Gasteiger partial charge in [-0.3, -0.25) is 19.3 Å². The molecule has 1 saturated heterocycles. The Kier molecular flexibility index (Phi) is 7.15. The van der Waals surface area contributed by atoms with Crippen molar-refractivity contribution in [3.63, 3.8) is 0 Å². The summed E-state index contributed by atoms with van der Waals surface area (Å²) in [5.41, 5.74) is 1.09. The third-order valence-electron chi connectivity index (χ3n) is 5.01. The molecule has 0 spiro atoms. The van der Waals surface area contributed by atoms with E-state index in [-0.39, 0.29) is 60.1 Å².